The topological polar surface area (TPSA) is 103 Å². The molecule has 0 bridgehead atoms. The van der Waals surface area contributed by atoms with Gasteiger partial charge in [-0.1, -0.05) is 0 Å². The molecule has 3 heterocycles. The summed E-state index contributed by atoms with van der Waals surface area (Å²) in [5.41, 5.74) is 2.19. The number of sulfone groups is 1. The van der Waals surface area contributed by atoms with E-state index in [1.54, 1.807) is 54.2 Å². The SMILES string of the molecule is COc1ccc(-c2nn(-c3ccc(F)cc3)c3cc(C(=O)NC4(C)CCS(=O)(=O)C4)ccc23)cn1. The van der Waals surface area contributed by atoms with E-state index in [-0.39, 0.29) is 23.2 Å². The standard InChI is InChI=1S/C25H23FN4O4S/c1-25(11-12-35(32,33)15-25)28-24(31)16-3-9-20-21(13-16)30(19-7-5-18(26)6-8-19)29-23(20)17-4-10-22(34-2)27-14-17/h3-10,13-14H,11-12,15H2,1-2H3,(H,28,31). The Labute approximate surface area is 201 Å². The average Bonchev–Trinajstić information content (AvgIpc) is 3.35. The van der Waals surface area contributed by atoms with Gasteiger partial charge in [0.1, 0.15) is 11.5 Å². The first kappa shape index (κ1) is 23.0. The molecule has 1 fully saturated rings. The molecule has 2 aromatic carbocycles. The number of nitrogens with one attached hydrogen (secondary N) is 1. The van der Waals surface area contributed by atoms with Crippen LogP contribution in [0.2, 0.25) is 0 Å². The molecule has 8 nitrogen and oxygen atoms in total. The van der Waals surface area contributed by atoms with Crippen LogP contribution in [0.1, 0.15) is 23.7 Å². The Balaban J connectivity index is 1.59. The Kier molecular flexibility index (Phi) is 5.55. The van der Waals surface area contributed by atoms with Crippen LogP contribution in [0.25, 0.3) is 27.8 Å². The van der Waals surface area contributed by atoms with Crippen molar-refractivity contribution in [3.05, 3.63) is 72.2 Å². The van der Waals surface area contributed by atoms with Crippen LogP contribution in [0, 0.1) is 5.82 Å². The van der Waals surface area contributed by atoms with Crippen LogP contribution in [-0.4, -0.2) is 53.2 Å². The molecule has 1 aliphatic rings. The number of methoxy groups -OCH3 is 1. The minimum absolute atomic E-state index is 0.0550. The van der Waals surface area contributed by atoms with Crippen LogP contribution in [-0.2, 0) is 9.84 Å². The largest absolute Gasteiger partial charge is 0.481 e. The third-order valence-corrected chi connectivity index (χ3v) is 8.06. The number of carbonyl (C=O) groups excluding carboxylic acids is 1. The molecule has 0 radical (unpaired) electrons. The van der Waals surface area contributed by atoms with Crippen molar-refractivity contribution in [2.45, 2.75) is 18.9 Å². The number of fused-ring (bicyclic) bond motifs is 1. The van der Waals surface area contributed by atoms with Gasteiger partial charge in [0.2, 0.25) is 5.88 Å². The molecule has 0 aliphatic carbocycles. The first-order chi connectivity index (χ1) is 16.7. The lowest BCUT2D eigenvalue weighted by atomic mass is 10.0. The molecular weight excluding hydrogens is 471 g/mol. The molecule has 5 rings (SSSR count). The van der Waals surface area contributed by atoms with Crippen LogP contribution in [0.15, 0.2) is 60.8 Å². The third-order valence-electron chi connectivity index (χ3n) is 6.15. The monoisotopic (exact) mass is 494 g/mol. The van der Waals surface area contributed by atoms with Gasteiger partial charge in [-0.25, -0.2) is 22.5 Å². The van der Waals surface area contributed by atoms with Crippen molar-refractivity contribution < 1.29 is 22.3 Å². The van der Waals surface area contributed by atoms with Gasteiger partial charge in [-0.2, -0.15) is 5.10 Å². The maximum Gasteiger partial charge on any atom is 0.251 e. The highest BCUT2D eigenvalue weighted by atomic mass is 32.2. The Morgan fingerprint density at radius 1 is 1.14 bits per heavy atom. The van der Waals surface area contributed by atoms with E-state index in [0.29, 0.717) is 34.8 Å². The van der Waals surface area contributed by atoms with Crippen molar-refractivity contribution >= 4 is 26.6 Å². The average molecular weight is 495 g/mol. The molecule has 1 saturated heterocycles. The van der Waals surface area contributed by atoms with Crippen LogP contribution in [0.5, 0.6) is 5.88 Å². The van der Waals surface area contributed by atoms with Gasteiger partial charge in [0.15, 0.2) is 9.84 Å². The number of nitrogens with zero attached hydrogens (tertiary/aromatic N) is 3. The maximum absolute atomic E-state index is 13.6. The smallest absolute Gasteiger partial charge is 0.251 e. The number of hydrogen-bond acceptors (Lipinski definition) is 6. The number of carbonyl (C=O) groups is 1. The zero-order chi connectivity index (χ0) is 24.8. The zero-order valence-electron chi connectivity index (χ0n) is 19.2. The summed E-state index contributed by atoms with van der Waals surface area (Å²) in [6, 6.07) is 14.6. The second kappa shape index (κ2) is 8.46. The van der Waals surface area contributed by atoms with Gasteiger partial charge in [0, 0.05) is 28.8 Å². The summed E-state index contributed by atoms with van der Waals surface area (Å²) >= 11 is 0. The second-order valence-corrected chi connectivity index (χ2v) is 11.1. The fourth-order valence-corrected chi connectivity index (χ4v) is 6.44. The van der Waals surface area contributed by atoms with Gasteiger partial charge in [-0.15, -0.1) is 0 Å². The van der Waals surface area contributed by atoms with Gasteiger partial charge < -0.3 is 10.1 Å². The molecule has 10 heteroatoms. The number of pyridine rings is 1. The van der Waals surface area contributed by atoms with Crippen molar-refractivity contribution in [1.29, 1.82) is 0 Å². The van der Waals surface area contributed by atoms with E-state index in [1.165, 1.54) is 19.2 Å². The van der Waals surface area contributed by atoms with Gasteiger partial charge in [-0.3, -0.25) is 4.79 Å². The van der Waals surface area contributed by atoms with Crippen LogP contribution < -0.4 is 10.1 Å². The molecule has 2 aromatic heterocycles. The summed E-state index contributed by atoms with van der Waals surface area (Å²) in [6.07, 6.45) is 2.02. The summed E-state index contributed by atoms with van der Waals surface area (Å²) in [4.78, 5) is 17.4. The summed E-state index contributed by atoms with van der Waals surface area (Å²) in [7, 11) is -1.63. The first-order valence-electron chi connectivity index (χ1n) is 11.0. The number of ether oxygens (including phenoxy) is 1. The van der Waals surface area contributed by atoms with Crippen molar-refractivity contribution in [2.75, 3.05) is 18.6 Å². The lowest BCUT2D eigenvalue weighted by Gasteiger charge is -2.23. The van der Waals surface area contributed by atoms with E-state index < -0.39 is 15.4 Å². The minimum Gasteiger partial charge on any atom is -0.481 e. The number of benzene rings is 2. The Morgan fingerprint density at radius 3 is 2.54 bits per heavy atom. The van der Waals surface area contributed by atoms with Gasteiger partial charge in [0.05, 0.1) is 35.4 Å². The summed E-state index contributed by atoms with van der Waals surface area (Å²) in [5.74, 6) is -0.303. The Hall–Kier alpha value is -3.79. The summed E-state index contributed by atoms with van der Waals surface area (Å²) in [5, 5.41) is 8.41. The number of aromatic nitrogens is 3. The zero-order valence-corrected chi connectivity index (χ0v) is 20.0. The van der Waals surface area contributed by atoms with Crippen LogP contribution in [0.4, 0.5) is 4.39 Å². The highest BCUT2D eigenvalue weighted by molar-refractivity contribution is 7.91. The number of amides is 1. The molecule has 0 spiro atoms. The second-order valence-electron chi connectivity index (χ2n) is 8.91. The quantitative estimate of drug-likeness (QED) is 0.455. The predicted octanol–water partition coefficient (Wildman–Crippen LogP) is 3.54. The Bertz CT molecular complexity index is 1530. The summed E-state index contributed by atoms with van der Waals surface area (Å²) < 4.78 is 44.2. The molecule has 1 amide bonds. The van der Waals surface area contributed by atoms with E-state index >= 15 is 0 Å². The molecule has 180 valence electrons. The van der Waals surface area contributed by atoms with Gasteiger partial charge >= 0.3 is 0 Å². The molecule has 1 unspecified atom stereocenters. The van der Waals surface area contributed by atoms with E-state index in [1.807, 2.05) is 6.07 Å². The van der Waals surface area contributed by atoms with E-state index in [9.17, 15) is 17.6 Å². The molecule has 1 atom stereocenters. The number of rotatable bonds is 5. The predicted molar refractivity (Wildman–Crippen MR) is 130 cm³/mol. The van der Waals surface area contributed by atoms with Crippen LogP contribution in [0.3, 0.4) is 0 Å². The molecular formula is C25H23FN4O4S. The van der Waals surface area contributed by atoms with Gasteiger partial charge in [-0.05, 0) is 61.9 Å². The van der Waals surface area contributed by atoms with Crippen molar-refractivity contribution in [1.82, 2.24) is 20.1 Å². The lowest BCUT2D eigenvalue weighted by molar-refractivity contribution is 0.0915. The minimum atomic E-state index is -3.17. The van der Waals surface area contributed by atoms with Crippen molar-refractivity contribution in [3.63, 3.8) is 0 Å². The van der Waals surface area contributed by atoms with Crippen molar-refractivity contribution in [2.24, 2.45) is 0 Å². The fraction of sp³-hybridized carbons (Fsp3) is 0.240. The van der Waals surface area contributed by atoms with E-state index in [4.69, 9.17) is 9.84 Å². The third kappa shape index (κ3) is 4.49. The molecule has 35 heavy (non-hydrogen) atoms. The molecule has 1 aliphatic heterocycles. The highest BCUT2D eigenvalue weighted by Gasteiger charge is 2.39. The van der Waals surface area contributed by atoms with E-state index in [0.717, 1.165) is 10.9 Å². The number of halogens is 1. The molecule has 1 N–H and O–H groups in total. The van der Waals surface area contributed by atoms with Crippen molar-refractivity contribution in [3.8, 4) is 22.8 Å². The maximum atomic E-state index is 13.6. The fourth-order valence-electron chi connectivity index (χ4n) is 4.34. The van der Waals surface area contributed by atoms with E-state index in [2.05, 4.69) is 10.3 Å². The Morgan fingerprint density at radius 2 is 1.91 bits per heavy atom. The normalized spacial score (nSPS) is 19.1. The molecule has 0 saturated carbocycles. The van der Waals surface area contributed by atoms with Crippen LogP contribution >= 0.6 is 0 Å². The number of hydrogen-bond donors (Lipinski definition) is 1. The first-order valence-corrected chi connectivity index (χ1v) is 12.8. The van der Waals surface area contributed by atoms with Gasteiger partial charge in [0.25, 0.3) is 5.91 Å². The lowest BCUT2D eigenvalue weighted by Crippen LogP contribution is -2.46. The highest BCUT2D eigenvalue weighted by Crippen LogP contribution is 2.31. The molecule has 4 aromatic rings. The summed E-state index contributed by atoms with van der Waals surface area (Å²) in [6.45, 7) is 1.74.